The smallest absolute Gasteiger partial charge is 0.122 e. The van der Waals surface area contributed by atoms with E-state index in [-0.39, 0.29) is 6.04 Å². The Morgan fingerprint density at radius 1 is 1.46 bits per heavy atom. The zero-order valence-electron chi connectivity index (χ0n) is 7.86. The number of benzene rings is 1. The van der Waals surface area contributed by atoms with Crippen LogP contribution in [0.25, 0.3) is 0 Å². The van der Waals surface area contributed by atoms with Crippen LogP contribution in [-0.4, -0.2) is 12.6 Å². The molecule has 0 bridgehead atoms. The minimum absolute atomic E-state index is 0.213. The lowest BCUT2D eigenvalue weighted by molar-refractivity contribution is 0.258. The van der Waals surface area contributed by atoms with Crippen LogP contribution in [0.5, 0.6) is 5.75 Å². The van der Waals surface area contributed by atoms with Crippen LogP contribution in [0.15, 0.2) is 24.3 Å². The number of rotatable bonds is 1. The summed E-state index contributed by atoms with van der Waals surface area (Å²) in [5.74, 6) is 1.47. The van der Waals surface area contributed by atoms with Gasteiger partial charge in [-0.05, 0) is 25.0 Å². The van der Waals surface area contributed by atoms with Gasteiger partial charge in [0, 0.05) is 12.0 Å². The number of para-hydroxylation sites is 1. The number of fused-ring (bicyclic) bond motifs is 1. The van der Waals surface area contributed by atoms with Gasteiger partial charge in [0.15, 0.2) is 0 Å². The molecular weight excluding hydrogens is 162 g/mol. The van der Waals surface area contributed by atoms with Gasteiger partial charge >= 0.3 is 0 Å². The maximum Gasteiger partial charge on any atom is 0.122 e. The first-order valence-electron chi connectivity index (χ1n) is 4.76. The molecule has 1 aromatic rings. The summed E-state index contributed by atoms with van der Waals surface area (Å²) in [5.41, 5.74) is 7.19. The van der Waals surface area contributed by atoms with Crippen LogP contribution in [0.2, 0.25) is 0 Å². The molecule has 0 saturated carbocycles. The maximum atomic E-state index is 5.93. The summed E-state index contributed by atoms with van der Waals surface area (Å²) < 4.78 is 5.55. The second-order valence-corrected chi connectivity index (χ2v) is 3.64. The minimum atomic E-state index is 0.213. The lowest BCUT2D eigenvalue weighted by Gasteiger charge is -2.28. The van der Waals surface area contributed by atoms with Crippen LogP contribution in [-0.2, 0) is 0 Å². The fourth-order valence-electron chi connectivity index (χ4n) is 1.92. The van der Waals surface area contributed by atoms with E-state index in [1.165, 1.54) is 5.56 Å². The third kappa shape index (κ3) is 1.54. The van der Waals surface area contributed by atoms with Gasteiger partial charge in [-0.25, -0.2) is 0 Å². The zero-order chi connectivity index (χ0) is 9.26. The van der Waals surface area contributed by atoms with Gasteiger partial charge in [-0.3, -0.25) is 0 Å². The molecule has 0 saturated heterocycles. The van der Waals surface area contributed by atoms with Crippen molar-refractivity contribution in [2.24, 2.45) is 5.73 Å². The van der Waals surface area contributed by atoms with Crippen LogP contribution in [0.3, 0.4) is 0 Å². The standard InChI is InChI=1S/C11H15NO/c1-8(12)9-6-7-13-11-5-3-2-4-10(9)11/h2-5,8-9H,6-7,12H2,1H3/t8-,9?/m1/s1. The van der Waals surface area contributed by atoms with Gasteiger partial charge in [-0.1, -0.05) is 18.2 Å². The Morgan fingerprint density at radius 2 is 2.23 bits per heavy atom. The van der Waals surface area contributed by atoms with E-state index in [1.54, 1.807) is 0 Å². The summed E-state index contributed by atoms with van der Waals surface area (Å²) in [6.45, 7) is 2.86. The van der Waals surface area contributed by atoms with Crippen molar-refractivity contribution in [3.63, 3.8) is 0 Å². The lowest BCUT2D eigenvalue weighted by atomic mass is 9.88. The molecule has 0 aromatic heterocycles. The van der Waals surface area contributed by atoms with E-state index in [2.05, 4.69) is 13.0 Å². The fourth-order valence-corrected chi connectivity index (χ4v) is 1.92. The van der Waals surface area contributed by atoms with Crippen molar-refractivity contribution < 1.29 is 4.74 Å². The molecule has 1 aromatic carbocycles. The zero-order valence-corrected chi connectivity index (χ0v) is 7.86. The van der Waals surface area contributed by atoms with Crippen molar-refractivity contribution in [3.05, 3.63) is 29.8 Å². The maximum absolute atomic E-state index is 5.93. The molecule has 0 radical (unpaired) electrons. The summed E-state index contributed by atoms with van der Waals surface area (Å²) in [6.07, 6.45) is 1.04. The molecule has 2 nitrogen and oxygen atoms in total. The van der Waals surface area contributed by atoms with Gasteiger partial charge in [-0.2, -0.15) is 0 Å². The monoisotopic (exact) mass is 177 g/mol. The average molecular weight is 177 g/mol. The Hall–Kier alpha value is -1.02. The molecule has 2 atom stereocenters. The highest BCUT2D eigenvalue weighted by molar-refractivity contribution is 5.38. The van der Waals surface area contributed by atoms with Crippen LogP contribution in [0, 0.1) is 0 Å². The first-order chi connectivity index (χ1) is 6.29. The minimum Gasteiger partial charge on any atom is -0.493 e. The third-order valence-electron chi connectivity index (χ3n) is 2.64. The Bertz CT molecular complexity index is 296. The molecule has 1 unspecified atom stereocenters. The molecule has 1 aliphatic rings. The highest BCUT2D eigenvalue weighted by Crippen LogP contribution is 2.34. The van der Waals surface area contributed by atoms with Crippen molar-refractivity contribution >= 4 is 0 Å². The van der Waals surface area contributed by atoms with E-state index >= 15 is 0 Å². The van der Waals surface area contributed by atoms with Crippen LogP contribution in [0.1, 0.15) is 24.8 Å². The second kappa shape index (κ2) is 3.38. The third-order valence-corrected chi connectivity index (χ3v) is 2.64. The second-order valence-electron chi connectivity index (χ2n) is 3.64. The van der Waals surface area contributed by atoms with E-state index in [0.717, 1.165) is 18.8 Å². The van der Waals surface area contributed by atoms with Gasteiger partial charge in [0.05, 0.1) is 6.61 Å². The molecule has 13 heavy (non-hydrogen) atoms. The molecule has 2 rings (SSSR count). The van der Waals surface area contributed by atoms with Crippen molar-refractivity contribution in [2.45, 2.75) is 25.3 Å². The van der Waals surface area contributed by atoms with Crippen molar-refractivity contribution in [2.75, 3.05) is 6.61 Å². The molecule has 70 valence electrons. The first kappa shape index (κ1) is 8.57. The SMILES string of the molecule is C[C@@H](N)C1CCOc2ccccc21. The molecule has 1 heterocycles. The molecule has 0 spiro atoms. The van der Waals surface area contributed by atoms with Crippen LogP contribution in [0.4, 0.5) is 0 Å². The van der Waals surface area contributed by atoms with Gasteiger partial charge in [-0.15, -0.1) is 0 Å². The van der Waals surface area contributed by atoms with Gasteiger partial charge in [0.25, 0.3) is 0 Å². The Balaban J connectivity index is 2.37. The highest BCUT2D eigenvalue weighted by atomic mass is 16.5. The van der Waals surface area contributed by atoms with Crippen molar-refractivity contribution in [1.82, 2.24) is 0 Å². The fraction of sp³-hybridized carbons (Fsp3) is 0.455. The molecule has 0 fully saturated rings. The Kier molecular flexibility index (Phi) is 2.23. The summed E-state index contributed by atoms with van der Waals surface area (Å²) >= 11 is 0. The number of hydrogen-bond donors (Lipinski definition) is 1. The van der Waals surface area contributed by atoms with Gasteiger partial charge in [0.1, 0.15) is 5.75 Å². The summed E-state index contributed by atoms with van der Waals surface area (Å²) in [4.78, 5) is 0. The highest BCUT2D eigenvalue weighted by Gasteiger charge is 2.23. The average Bonchev–Trinajstić information content (AvgIpc) is 2.17. The Labute approximate surface area is 78.7 Å². The molecule has 1 aliphatic heterocycles. The quantitative estimate of drug-likeness (QED) is 0.711. The van der Waals surface area contributed by atoms with Gasteiger partial charge < -0.3 is 10.5 Å². The number of hydrogen-bond acceptors (Lipinski definition) is 2. The summed E-state index contributed by atoms with van der Waals surface area (Å²) in [6, 6.07) is 8.39. The molecule has 2 N–H and O–H groups in total. The summed E-state index contributed by atoms with van der Waals surface area (Å²) in [7, 11) is 0. The lowest BCUT2D eigenvalue weighted by Crippen LogP contribution is -2.29. The van der Waals surface area contributed by atoms with Crippen LogP contribution >= 0.6 is 0 Å². The van der Waals surface area contributed by atoms with Gasteiger partial charge in [0.2, 0.25) is 0 Å². The van der Waals surface area contributed by atoms with Crippen LogP contribution < -0.4 is 10.5 Å². The largest absolute Gasteiger partial charge is 0.493 e. The molecule has 0 amide bonds. The molecule has 2 heteroatoms. The van der Waals surface area contributed by atoms with Crippen molar-refractivity contribution in [1.29, 1.82) is 0 Å². The van der Waals surface area contributed by atoms with E-state index in [9.17, 15) is 0 Å². The first-order valence-corrected chi connectivity index (χ1v) is 4.76. The predicted molar refractivity (Wildman–Crippen MR) is 52.9 cm³/mol. The van der Waals surface area contributed by atoms with E-state index < -0.39 is 0 Å². The van der Waals surface area contributed by atoms with E-state index in [4.69, 9.17) is 10.5 Å². The summed E-state index contributed by atoms with van der Waals surface area (Å²) in [5, 5.41) is 0. The number of nitrogens with two attached hydrogens (primary N) is 1. The molecule has 0 aliphatic carbocycles. The number of ether oxygens (including phenoxy) is 1. The molecular formula is C11H15NO. The predicted octanol–water partition coefficient (Wildman–Crippen LogP) is 1.90. The van der Waals surface area contributed by atoms with E-state index in [1.807, 2.05) is 18.2 Å². The van der Waals surface area contributed by atoms with Crippen molar-refractivity contribution in [3.8, 4) is 5.75 Å². The van der Waals surface area contributed by atoms with E-state index in [0.29, 0.717) is 5.92 Å². The topological polar surface area (TPSA) is 35.2 Å². The Morgan fingerprint density at radius 3 is 3.00 bits per heavy atom. The normalized spacial score (nSPS) is 23.1.